The average Bonchev–Trinajstić information content (AvgIpc) is 2.68. The van der Waals surface area contributed by atoms with Crippen molar-refractivity contribution < 1.29 is 14.7 Å². The summed E-state index contributed by atoms with van der Waals surface area (Å²) in [5, 5.41) is 17.5. The second-order valence-corrected chi connectivity index (χ2v) is 7.67. The van der Waals surface area contributed by atoms with E-state index in [9.17, 15) is 14.7 Å². The first-order chi connectivity index (χ1) is 13.7. The van der Waals surface area contributed by atoms with Gasteiger partial charge in [-0.1, -0.05) is 74.6 Å². The SMILES string of the molecule is O=C(Cc1cccc2ccccc12)N[C@@H](CO)C(=O)NC1CCCCCCC1. The van der Waals surface area contributed by atoms with Gasteiger partial charge in [0.15, 0.2) is 0 Å². The van der Waals surface area contributed by atoms with E-state index in [4.69, 9.17) is 0 Å². The first-order valence-electron chi connectivity index (χ1n) is 10.3. The van der Waals surface area contributed by atoms with Crippen LogP contribution in [0.2, 0.25) is 0 Å². The third kappa shape index (κ3) is 5.55. The molecule has 150 valence electrons. The van der Waals surface area contributed by atoms with Crippen molar-refractivity contribution in [2.75, 3.05) is 6.61 Å². The van der Waals surface area contributed by atoms with Crippen LogP contribution in [0.15, 0.2) is 42.5 Å². The van der Waals surface area contributed by atoms with Gasteiger partial charge >= 0.3 is 0 Å². The predicted molar refractivity (Wildman–Crippen MR) is 111 cm³/mol. The summed E-state index contributed by atoms with van der Waals surface area (Å²) < 4.78 is 0. The van der Waals surface area contributed by atoms with Crippen molar-refractivity contribution in [3.8, 4) is 0 Å². The smallest absolute Gasteiger partial charge is 0.245 e. The number of carbonyl (C=O) groups excluding carboxylic acids is 2. The van der Waals surface area contributed by atoms with E-state index >= 15 is 0 Å². The van der Waals surface area contributed by atoms with Crippen molar-refractivity contribution in [1.82, 2.24) is 10.6 Å². The standard InChI is InChI=1S/C23H30N2O3/c26-16-21(23(28)24-19-12-4-2-1-3-5-13-19)25-22(27)15-18-11-8-10-17-9-6-7-14-20(17)18/h6-11,14,19,21,26H,1-5,12-13,15-16H2,(H,24,28)(H,25,27)/t21-/m0/s1. The Morgan fingerprint density at radius 2 is 1.64 bits per heavy atom. The molecule has 0 bridgehead atoms. The summed E-state index contributed by atoms with van der Waals surface area (Å²) >= 11 is 0. The molecule has 0 radical (unpaired) electrons. The molecule has 0 heterocycles. The minimum atomic E-state index is -0.909. The summed E-state index contributed by atoms with van der Waals surface area (Å²) in [5.41, 5.74) is 0.910. The van der Waals surface area contributed by atoms with Crippen LogP contribution in [0.3, 0.4) is 0 Å². The van der Waals surface area contributed by atoms with E-state index in [1.165, 1.54) is 19.3 Å². The molecule has 1 atom stereocenters. The Morgan fingerprint density at radius 1 is 0.964 bits per heavy atom. The van der Waals surface area contributed by atoms with Crippen molar-refractivity contribution in [3.05, 3.63) is 48.0 Å². The molecule has 3 N–H and O–H groups in total. The number of aliphatic hydroxyl groups is 1. The van der Waals surface area contributed by atoms with Crippen LogP contribution in [0, 0.1) is 0 Å². The second-order valence-electron chi connectivity index (χ2n) is 7.67. The van der Waals surface area contributed by atoms with E-state index < -0.39 is 12.6 Å². The van der Waals surface area contributed by atoms with Crippen molar-refractivity contribution in [2.45, 2.75) is 63.5 Å². The van der Waals surface area contributed by atoms with Gasteiger partial charge in [0.05, 0.1) is 13.0 Å². The minimum absolute atomic E-state index is 0.136. The van der Waals surface area contributed by atoms with Gasteiger partial charge in [-0.25, -0.2) is 0 Å². The van der Waals surface area contributed by atoms with Gasteiger partial charge in [0.1, 0.15) is 6.04 Å². The van der Waals surface area contributed by atoms with Gasteiger partial charge in [-0.3, -0.25) is 9.59 Å². The number of amides is 2. The Bertz CT molecular complexity index is 792. The van der Waals surface area contributed by atoms with Gasteiger partial charge in [-0.15, -0.1) is 0 Å². The number of carbonyl (C=O) groups is 2. The van der Waals surface area contributed by atoms with Gasteiger partial charge in [0.25, 0.3) is 0 Å². The molecule has 1 aliphatic carbocycles. The molecule has 2 aromatic carbocycles. The molecule has 1 fully saturated rings. The Labute approximate surface area is 166 Å². The number of benzene rings is 2. The van der Waals surface area contributed by atoms with Gasteiger partial charge in [0, 0.05) is 6.04 Å². The number of aliphatic hydroxyl groups excluding tert-OH is 1. The van der Waals surface area contributed by atoms with Gasteiger partial charge < -0.3 is 15.7 Å². The molecule has 5 nitrogen and oxygen atoms in total. The van der Waals surface area contributed by atoms with E-state index in [0.29, 0.717) is 0 Å². The molecular formula is C23H30N2O3. The lowest BCUT2D eigenvalue weighted by molar-refractivity contribution is -0.130. The van der Waals surface area contributed by atoms with Crippen LogP contribution in [0.5, 0.6) is 0 Å². The highest BCUT2D eigenvalue weighted by molar-refractivity contribution is 5.92. The number of fused-ring (bicyclic) bond motifs is 1. The van der Waals surface area contributed by atoms with Crippen LogP contribution in [-0.4, -0.2) is 35.6 Å². The predicted octanol–water partition coefficient (Wildman–Crippen LogP) is 3.09. The highest BCUT2D eigenvalue weighted by Crippen LogP contribution is 2.19. The normalized spacial score (nSPS) is 16.8. The fourth-order valence-corrected chi connectivity index (χ4v) is 3.96. The molecule has 1 aliphatic rings. The van der Waals surface area contributed by atoms with Crippen LogP contribution < -0.4 is 10.6 Å². The van der Waals surface area contributed by atoms with Crippen LogP contribution in [0.1, 0.15) is 50.5 Å². The zero-order valence-corrected chi connectivity index (χ0v) is 16.3. The summed E-state index contributed by atoms with van der Waals surface area (Å²) in [4.78, 5) is 25.1. The Balaban J connectivity index is 1.58. The van der Waals surface area contributed by atoms with Crippen LogP contribution in [0.25, 0.3) is 10.8 Å². The van der Waals surface area contributed by atoms with Gasteiger partial charge in [-0.05, 0) is 29.2 Å². The van der Waals surface area contributed by atoms with E-state index in [-0.39, 0.29) is 24.3 Å². The summed E-state index contributed by atoms with van der Waals surface area (Å²) in [6.07, 6.45) is 8.01. The lowest BCUT2D eigenvalue weighted by Crippen LogP contribution is -2.51. The summed E-state index contributed by atoms with van der Waals surface area (Å²) in [5.74, 6) is -0.553. The third-order valence-corrected chi connectivity index (χ3v) is 5.52. The fourth-order valence-electron chi connectivity index (χ4n) is 3.96. The van der Waals surface area contributed by atoms with E-state index in [1.807, 2.05) is 42.5 Å². The maximum Gasteiger partial charge on any atom is 0.245 e. The lowest BCUT2D eigenvalue weighted by atomic mass is 9.96. The summed E-state index contributed by atoms with van der Waals surface area (Å²) in [7, 11) is 0. The number of hydrogen-bond donors (Lipinski definition) is 3. The number of nitrogens with one attached hydrogen (secondary N) is 2. The van der Waals surface area contributed by atoms with Gasteiger partial charge in [0.2, 0.25) is 11.8 Å². The third-order valence-electron chi connectivity index (χ3n) is 5.52. The number of hydrogen-bond acceptors (Lipinski definition) is 3. The molecule has 28 heavy (non-hydrogen) atoms. The Kier molecular flexibility index (Phi) is 7.43. The Morgan fingerprint density at radius 3 is 2.39 bits per heavy atom. The maximum atomic E-state index is 12.6. The monoisotopic (exact) mass is 382 g/mol. The minimum Gasteiger partial charge on any atom is -0.394 e. The topological polar surface area (TPSA) is 78.4 Å². The van der Waals surface area contributed by atoms with E-state index in [2.05, 4.69) is 10.6 Å². The maximum absolute atomic E-state index is 12.6. The molecular weight excluding hydrogens is 352 g/mol. The molecule has 3 rings (SSSR count). The highest BCUT2D eigenvalue weighted by atomic mass is 16.3. The zero-order chi connectivity index (χ0) is 19.8. The van der Waals surface area contributed by atoms with E-state index in [1.54, 1.807) is 0 Å². The molecule has 2 amide bonds. The molecule has 0 spiro atoms. The lowest BCUT2D eigenvalue weighted by Gasteiger charge is -2.24. The molecule has 0 aromatic heterocycles. The van der Waals surface area contributed by atoms with Crippen molar-refractivity contribution in [1.29, 1.82) is 0 Å². The van der Waals surface area contributed by atoms with Gasteiger partial charge in [-0.2, -0.15) is 0 Å². The molecule has 0 saturated heterocycles. The van der Waals surface area contributed by atoms with Crippen LogP contribution in [-0.2, 0) is 16.0 Å². The molecule has 0 aliphatic heterocycles. The van der Waals surface area contributed by atoms with Crippen molar-refractivity contribution in [2.24, 2.45) is 0 Å². The fraction of sp³-hybridized carbons (Fsp3) is 0.478. The van der Waals surface area contributed by atoms with Crippen LogP contribution in [0.4, 0.5) is 0 Å². The quantitative estimate of drug-likeness (QED) is 0.718. The van der Waals surface area contributed by atoms with Crippen LogP contribution >= 0.6 is 0 Å². The first-order valence-corrected chi connectivity index (χ1v) is 10.3. The number of rotatable bonds is 6. The summed E-state index contributed by atoms with van der Waals surface area (Å²) in [6.45, 7) is -0.403. The molecule has 0 unspecified atom stereocenters. The molecule has 5 heteroatoms. The summed E-state index contributed by atoms with van der Waals surface area (Å²) in [6, 6.07) is 13.0. The van der Waals surface area contributed by atoms with E-state index in [0.717, 1.165) is 42.0 Å². The molecule has 2 aromatic rings. The largest absolute Gasteiger partial charge is 0.394 e. The van der Waals surface area contributed by atoms with Crippen molar-refractivity contribution in [3.63, 3.8) is 0 Å². The highest BCUT2D eigenvalue weighted by Gasteiger charge is 2.23. The second kappa shape index (κ2) is 10.2. The van der Waals surface area contributed by atoms with Crippen molar-refractivity contribution >= 4 is 22.6 Å². The first kappa shape index (κ1) is 20.3. The zero-order valence-electron chi connectivity index (χ0n) is 16.3. The average molecular weight is 383 g/mol. The Hall–Kier alpha value is -2.40. The molecule has 1 saturated carbocycles.